The number of hydrogen-bond donors (Lipinski definition) is 1. The Labute approximate surface area is 232 Å². The van der Waals surface area contributed by atoms with Crippen LogP contribution in [0.15, 0.2) is 89.8 Å². The minimum Gasteiger partial charge on any atom is -0.354 e. The molecular weight excluding hydrogens is 543 g/mol. The summed E-state index contributed by atoms with van der Waals surface area (Å²) in [4.78, 5) is 27.6. The molecule has 3 rings (SSSR count). The van der Waals surface area contributed by atoms with Crippen molar-refractivity contribution in [2.24, 2.45) is 0 Å². The molecule has 2 amide bonds. The molecule has 3 aromatic rings. The van der Waals surface area contributed by atoms with Gasteiger partial charge in [0.05, 0.1) is 16.1 Å². The van der Waals surface area contributed by atoms with Gasteiger partial charge in [-0.1, -0.05) is 61.5 Å². The molecule has 3 aromatic carbocycles. The fourth-order valence-corrected chi connectivity index (χ4v) is 5.48. The van der Waals surface area contributed by atoms with Crippen molar-refractivity contribution in [3.05, 3.63) is 96.1 Å². The van der Waals surface area contributed by atoms with Crippen LogP contribution in [0.4, 0.5) is 18.9 Å². The third-order valence-corrected chi connectivity index (χ3v) is 8.06. The lowest BCUT2D eigenvalue weighted by Gasteiger charge is -2.32. The second-order valence-electron chi connectivity index (χ2n) is 9.16. The fraction of sp³-hybridized carbons (Fsp3) is 0.310. The number of amides is 2. The van der Waals surface area contributed by atoms with Crippen molar-refractivity contribution in [2.75, 3.05) is 23.9 Å². The van der Waals surface area contributed by atoms with Crippen LogP contribution in [-0.2, 0) is 32.2 Å². The van der Waals surface area contributed by atoms with E-state index in [1.54, 1.807) is 6.07 Å². The first-order chi connectivity index (χ1) is 18.9. The SMILES string of the molecule is CCCNC(=O)[C@@H](C)N(CCc1ccccc1)C(=O)CN(c1cccc(C(F)(F)F)c1)S(=O)(=O)c1ccccc1. The summed E-state index contributed by atoms with van der Waals surface area (Å²) in [6.45, 7) is 3.09. The fourth-order valence-electron chi connectivity index (χ4n) is 4.05. The van der Waals surface area contributed by atoms with Crippen LogP contribution in [0, 0.1) is 0 Å². The number of anilines is 1. The van der Waals surface area contributed by atoms with E-state index in [0.717, 1.165) is 17.7 Å². The van der Waals surface area contributed by atoms with Crippen LogP contribution in [-0.4, -0.2) is 50.8 Å². The smallest absolute Gasteiger partial charge is 0.354 e. The number of sulfonamides is 1. The standard InChI is InChI=1S/C29H32F3N3O4S/c1-3-18-33-28(37)22(2)34(19-17-23-11-6-4-7-12-23)27(36)21-35(40(38,39)26-15-8-5-9-16-26)25-14-10-13-24(20-25)29(30,31)32/h4-16,20,22H,3,17-19,21H2,1-2H3,(H,33,37)/t22-/m1/s1. The van der Waals surface area contributed by atoms with E-state index in [-0.39, 0.29) is 17.1 Å². The van der Waals surface area contributed by atoms with Crippen LogP contribution >= 0.6 is 0 Å². The Hall–Kier alpha value is -3.86. The lowest BCUT2D eigenvalue weighted by atomic mass is 10.1. The van der Waals surface area contributed by atoms with Crippen LogP contribution in [0.5, 0.6) is 0 Å². The van der Waals surface area contributed by atoms with Crippen LogP contribution in [0.1, 0.15) is 31.4 Å². The van der Waals surface area contributed by atoms with E-state index in [4.69, 9.17) is 0 Å². The highest BCUT2D eigenvalue weighted by Crippen LogP contribution is 2.33. The minimum atomic E-state index is -4.73. The summed E-state index contributed by atoms with van der Waals surface area (Å²) in [5.74, 6) is -1.15. The Morgan fingerprint density at radius 2 is 1.55 bits per heavy atom. The molecule has 0 bridgehead atoms. The normalized spacial score (nSPS) is 12.4. The lowest BCUT2D eigenvalue weighted by Crippen LogP contribution is -2.52. The van der Waals surface area contributed by atoms with Gasteiger partial charge in [0.1, 0.15) is 12.6 Å². The largest absolute Gasteiger partial charge is 0.416 e. The Morgan fingerprint density at radius 3 is 2.15 bits per heavy atom. The van der Waals surface area contributed by atoms with E-state index in [0.29, 0.717) is 29.8 Å². The van der Waals surface area contributed by atoms with Gasteiger partial charge in [0.2, 0.25) is 11.8 Å². The molecule has 11 heteroatoms. The Kier molecular flexibility index (Phi) is 10.3. The zero-order valence-electron chi connectivity index (χ0n) is 22.3. The van der Waals surface area contributed by atoms with Crippen molar-refractivity contribution < 1.29 is 31.2 Å². The zero-order chi connectivity index (χ0) is 29.3. The molecule has 1 N–H and O–H groups in total. The summed E-state index contributed by atoms with van der Waals surface area (Å²) >= 11 is 0. The zero-order valence-corrected chi connectivity index (χ0v) is 23.1. The quantitative estimate of drug-likeness (QED) is 0.333. The van der Waals surface area contributed by atoms with Gasteiger partial charge in [0.25, 0.3) is 10.0 Å². The van der Waals surface area contributed by atoms with Crippen LogP contribution in [0.25, 0.3) is 0 Å². The molecule has 7 nitrogen and oxygen atoms in total. The van der Waals surface area contributed by atoms with Crippen molar-refractivity contribution in [2.45, 2.75) is 43.8 Å². The van der Waals surface area contributed by atoms with Crippen molar-refractivity contribution in [3.63, 3.8) is 0 Å². The summed E-state index contributed by atoms with van der Waals surface area (Å²) in [6.07, 6.45) is -3.67. The number of carbonyl (C=O) groups is 2. The van der Waals surface area contributed by atoms with E-state index in [2.05, 4.69) is 5.32 Å². The summed E-state index contributed by atoms with van der Waals surface area (Å²) < 4.78 is 68.5. The van der Waals surface area contributed by atoms with Gasteiger partial charge < -0.3 is 10.2 Å². The molecular formula is C29H32F3N3O4S. The highest BCUT2D eigenvalue weighted by atomic mass is 32.2. The Balaban J connectivity index is 2.01. The molecule has 0 heterocycles. The minimum absolute atomic E-state index is 0.0887. The first-order valence-corrected chi connectivity index (χ1v) is 14.2. The van der Waals surface area contributed by atoms with Gasteiger partial charge in [0.15, 0.2) is 0 Å². The number of alkyl halides is 3. The third-order valence-electron chi connectivity index (χ3n) is 6.27. The van der Waals surface area contributed by atoms with Crippen molar-refractivity contribution in [3.8, 4) is 0 Å². The predicted octanol–water partition coefficient (Wildman–Crippen LogP) is 4.89. The maximum atomic E-state index is 13.7. The molecule has 0 saturated carbocycles. The molecule has 0 aliphatic heterocycles. The lowest BCUT2D eigenvalue weighted by molar-refractivity contribution is -0.138. The monoisotopic (exact) mass is 575 g/mol. The van der Waals surface area contributed by atoms with Gasteiger partial charge in [-0.3, -0.25) is 13.9 Å². The summed E-state index contributed by atoms with van der Waals surface area (Å²) in [5.41, 5.74) is -0.481. The number of nitrogens with zero attached hydrogens (tertiary/aromatic N) is 2. The Morgan fingerprint density at radius 1 is 0.925 bits per heavy atom. The molecule has 0 aliphatic rings. The van der Waals surface area contributed by atoms with E-state index in [1.807, 2.05) is 37.3 Å². The maximum Gasteiger partial charge on any atom is 0.416 e. The second-order valence-corrected chi connectivity index (χ2v) is 11.0. The maximum absolute atomic E-state index is 13.7. The number of nitrogens with one attached hydrogen (secondary N) is 1. The number of halogens is 3. The number of carbonyl (C=O) groups excluding carboxylic acids is 2. The van der Waals surface area contributed by atoms with Gasteiger partial charge in [-0.2, -0.15) is 13.2 Å². The van der Waals surface area contributed by atoms with Crippen LogP contribution in [0.3, 0.4) is 0 Å². The molecule has 0 aliphatic carbocycles. The van der Waals surface area contributed by atoms with Gasteiger partial charge in [-0.15, -0.1) is 0 Å². The van der Waals surface area contributed by atoms with Crippen molar-refractivity contribution in [1.82, 2.24) is 10.2 Å². The number of benzene rings is 3. The van der Waals surface area contributed by atoms with Gasteiger partial charge in [-0.05, 0) is 55.7 Å². The first kappa shape index (κ1) is 30.7. The number of hydrogen-bond acceptors (Lipinski definition) is 4. The molecule has 0 unspecified atom stereocenters. The molecule has 1 atom stereocenters. The first-order valence-electron chi connectivity index (χ1n) is 12.8. The van der Waals surface area contributed by atoms with Crippen molar-refractivity contribution in [1.29, 1.82) is 0 Å². The highest BCUT2D eigenvalue weighted by molar-refractivity contribution is 7.92. The second kappa shape index (κ2) is 13.5. The van der Waals surface area contributed by atoms with Crippen LogP contribution < -0.4 is 9.62 Å². The highest BCUT2D eigenvalue weighted by Gasteiger charge is 2.35. The van der Waals surface area contributed by atoms with E-state index < -0.39 is 46.2 Å². The molecule has 0 aromatic heterocycles. The molecule has 0 fully saturated rings. The average molecular weight is 576 g/mol. The van der Waals surface area contributed by atoms with Gasteiger partial charge >= 0.3 is 6.18 Å². The van der Waals surface area contributed by atoms with E-state index >= 15 is 0 Å². The Bertz CT molecular complexity index is 1380. The molecule has 0 saturated heterocycles. The summed E-state index contributed by atoms with van der Waals surface area (Å²) in [5, 5.41) is 2.74. The van der Waals surface area contributed by atoms with Gasteiger partial charge in [-0.25, -0.2) is 8.42 Å². The van der Waals surface area contributed by atoms with Crippen LogP contribution in [0.2, 0.25) is 0 Å². The predicted molar refractivity (Wildman–Crippen MR) is 147 cm³/mol. The molecule has 0 spiro atoms. The summed E-state index contributed by atoms with van der Waals surface area (Å²) in [6, 6.07) is 19.2. The third kappa shape index (κ3) is 7.84. The van der Waals surface area contributed by atoms with Gasteiger partial charge in [0, 0.05) is 13.1 Å². The molecule has 40 heavy (non-hydrogen) atoms. The van der Waals surface area contributed by atoms with E-state index in [9.17, 15) is 31.2 Å². The summed E-state index contributed by atoms with van der Waals surface area (Å²) in [7, 11) is -4.45. The van der Waals surface area contributed by atoms with E-state index in [1.165, 1.54) is 42.2 Å². The molecule has 0 radical (unpaired) electrons. The topological polar surface area (TPSA) is 86.8 Å². The molecule has 214 valence electrons. The average Bonchev–Trinajstić information content (AvgIpc) is 2.95. The number of rotatable bonds is 12. The van der Waals surface area contributed by atoms with Crippen molar-refractivity contribution >= 4 is 27.5 Å².